The van der Waals surface area contributed by atoms with Gasteiger partial charge in [0.1, 0.15) is 5.60 Å². The smallest absolute Gasteiger partial charge is 0.318 e. The van der Waals surface area contributed by atoms with Crippen LogP contribution in [0.2, 0.25) is 0 Å². The maximum Gasteiger partial charge on any atom is 0.318 e. The van der Waals surface area contributed by atoms with Gasteiger partial charge in [0, 0.05) is 6.54 Å². The number of rotatable bonds is 2. The van der Waals surface area contributed by atoms with Gasteiger partial charge in [-0.05, 0) is 33.6 Å². The zero-order valence-electron chi connectivity index (χ0n) is 10.7. The van der Waals surface area contributed by atoms with E-state index in [-0.39, 0.29) is 30.5 Å². The van der Waals surface area contributed by atoms with Crippen LogP contribution < -0.4 is 5.32 Å². The number of hydrogen-bond donors (Lipinski definition) is 1. The summed E-state index contributed by atoms with van der Waals surface area (Å²) in [5.74, 6) is -0.239. The van der Waals surface area contributed by atoms with Crippen molar-refractivity contribution in [1.82, 2.24) is 10.2 Å². The maximum absolute atomic E-state index is 11.7. The molecule has 1 N–H and O–H groups in total. The van der Waals surface area contributed by atoms with Gasteiger partial charge in [-0.3, -0.25) is 4.79 Å². The highest BCUT2D eigenvalue weighted by Crippen LogP contribution is 2.27. The summed E-state index contributed by atoms with van der Waals surface area (Å²) in [6.45, 7) is 6.35. The number of nitrogens with one attached hydrogen (secondary N) is 1. The Balaban J connectivity index is 1.91. The second-order valence-electron chi connectivity index (χ2n) is 5.75. The summed E-state index contributed by atoms with van der Waals surface area (Å²) in [5.41, 5.74) is -0.463. The van der Waals surface area contributed by atoms with Gasteiger partial charge in [-0.25, -0.2) is 4.79 Å². The molecular weight excluding hydrogens is 220 g/mol. The molecule has 0 aliphatic carbocycles. The molecule has 96 valence electrons. The number of fused-ring (bicyclic) bond motifs is 1. The van der Waals surface area contributed by atoms with Crippen LogP contribution in [0.3, 0.4) is 0 Å². The first-order valence-electron chi connectivity index (χ1n) is 6.16. The predicted molar refractivity (Wildman–Crippen MR) is 62.5 cm³/mol. The molecule has 0 radical (unpaired) electrons. The van der Waals surface area contributed by atoms with Crippen molar-refractivity contribution in [3.8, 4) is 0 Å². The Morgan fingerprint density at radius 2 is 2.24 bits per heavy atom. The summed E-state index contributed by atoms with van der Waals surface area (Å²) < 4.78 is 5.27. The zero-order chi connectivity index (χ0) is 12.6. The second kappa shape index (κ2) is 4.20. The standard InChI is InChI=1S/C12H20N2O3/c1-12(2,3)17-10(15)7-8-9-5-4-6-14(9)11(16)13-8/h8-9H,4-7H2,1-3H3,(H,13,16)/t8-,9-/m0/s1. The van der Waals surface area contributed by atoms with Crippen molar-refractivity contribution in [2.75, 3.05) is 6.54 Å². The van der Waals surface area contributed by atoms with Crippen molar-refractivity contribution in [3.05, 3.63) is 0 Å². The molecule has 2 aliphatic rings. The monoisotopic (exact) mass is 240 g/mol. The fourth-order valence-electron chi connectivity index (χ4n) is 2.55. The molecule has 2 rings (SSSR count). The van der Waals surface area contributed by atoms with Crippen molar-refractivity contribution in [2.24, 2.45) is 0 Å². The van der Waals surface area contributed by atoms with Crippen LogP contribution >= 0.6 is 0 Å². The van der Waals surface area contributed by atoms with Gasteiger partial charge in [0.25, 0.3) is 0 Å². The topological polar surface area (TPSA) is 58.6 Å². The lowest BCUT2D eigenvalue weighted by atomic mass is 10.0. The molecule has 0 aromatic carbocycles. The van der Waals surface area contributed by atoms with E-state index in [9.17, 15) is 9.59 Å². The minimum Gasteiger partial charge on any atom is -0.460 e. The van der Waals surface area contributed by atoms with Crippen molar-refractivity contribution < 1.29 is 14.3 Å². The van der Waals surface area contributed by atoms with Crippen LogP contribution in [0.5, 0.6) is 0 Å². The van der Waals surface area contributed by atoms with Crippen LogP contribution in [0.4, 0.5) is 4.79 Å². The average molecular weight is 240 g/mol. The Hall–Kier alpha value is -1.26. The summed E-state index contributed by atoms with van der Waals surface area (Å²) in [6.07, 6.45) is 2.28. The largest absolute Gasteiger partial charge is 0.460 e. The molecule has 0 bridgehead atoms. The fourth-order valence-corrected chi connectivity index (χ4v) is 2.55. The van der Waals surface area contributed by atoms with E-state index in [0.717, 1.165) is 19.4 Å². The van der Waals surface area contributed by atoms with Gasteiger partial charge in [0.05, 0.1) is 18.5 Å². The molecule has 5 nitrogen and oxygen atoms in total. The van der Waals surface area contributed by atoms with E-state index >= 15 is 0 Å². The van der Waals surface area contributed by atoms with Crippen LogP contribution in [0, 0.1) is 0 Å². The number of hydrogen-bond acceptors (Lipinski definition) is 3. The van der Waals surface area contributed by atoms with Gasteiger partial charge in [-0.2, -0.15) is 0 Å². The summed E-state index contributed by atoms with van der Waals surface area (Å²) in [7, 11) is 0. The van der Waals surface area contributed by atoms with E-state index in [1.165, 1.54) is 0 Å². The molecule has 0 spiro atoms. The molecule has 0 unspecified atom stereocenters. The van der Waals surface area contributed by atoms with Gasteiger partial charge in [0.15, 0.2) is 0 Å². The van der Waals surface area contributed by atoms with Crippen LogP contribution in [0.15, 0.2) is 0 Å². The molecule has 2 aliphatic heterocycles. The first-order chi connectivity index (χ1) is 7.87. The van der Waals surface area contributed by atoms with Gasteiger partial charge in [-0.1, -0.05) is 0 Å². The summed E-state index contributed by atoms with van der Waals surface area (Å²) in [4.78, 5) is 25.1. The molecule has 2 amide bonds. The normalized spacial score (nSPS) is 27.9. The van der Waals surface area contributed by atoms with Crippen LogP contribution in [0.25, 0.3) is 0 Å². The Bertz CT molecular complexity index is 335. The van der Waals surface area contributed by atoms with E-state index in [0.29, 0.717) is 0 Å². The second-order valence-corrected chi connectivity index (χ2v) is 5.75. The number of amides is 2. The molecule has 0 saturated carbocycles. The fraction of sp³-hybridized carbons (Fsp3) is 0.833. The molecule has 5 heteroatoms. The SMILES string of the molecule is CC(C)(C)OC(=O)C[C@@H]1NC(=O)N2CCC[C@@H]12. The average Bonchev–Trinajstić information content (AvgIpc) is 2.69. The van der Waals surface area contributed by atoms with Gasteiger partial charge < -0.3 is 15.0 Å². The maximum atomic E-state index is 11.7. The molecule has 2 atom stereocenters. The van der Waals surface area contributed by atoms with E-state index in [1.54, 1.807) is 0 Å². The summed E-state index contributed by atoms with van der Waals surface area (Å²) in [6, 6.07) is 0.0518. The van der Waals surface area contributed by atoms with Gasteiger partial charge in [-0.15, -0.1) is 0 Å². The third-order valence-electron chi connectivity index (χ3n) is 3.14. The number of carbonyl (C=O) groups excluding carboxylic acids is 2. The van der Waals surface area contributed by atoms with E-state index in [1.807, 2.05) is 25.7 Å². The van der Waals surface area contributed by atoms with Gasteiger partial charge >= 0.3 is 12.0 Å². The van der Waals surface area contributed by atoms with Crippen molar-refractivity contribution in [2.45, 2.75) is 57.7 Å². The lowest BCUT2D eigenvalue weighted by Gasteiger charge is -2.22. The minimum atomic E-state index is -0.463. The van der Waals surface area contributed by atoms with Crippen LogP contribution in [-0.2, 0) is 9.53 Å². The molecule has 17 heavy (non-hydrogen) atoms. The predicted octanol–water partition coefficient (Wildman–Crippen LogP) is 1.27. The number of urea groups is 1. The van der Waals surface area contributed by atoms with Crippen LogP contribution in [0.1, 0.15) is 40.0 Å². The quantitative estimate of drug-likeness (QED) is 0.740. The van der Waals surface area contributed by atoms with E-state index < -0.39 is 5.60 Å². The van der Waals surface area contributed by atoms with Gasteiger partial charge in [0.2, 0.25) is 0 Å². The molecule has 2 heterocycles. The van der Waals surface area contributed by atoms with E-state index in [2.05, 4.69) is 5.32 Å². The molecule has 0 aromatic rings. The molecule has 0 aromatic heterocycles. The third kappa shape index (κ3) is 2.70. The molecular formula is C12H20N2O3. The van der Waals surface area contributed by atoms with Crippen LogP contribution in [-0.4, -0.2) is 41.1 Å². The first-order valence-corrected chi connectivity index (χ1v) is 6.16. The highest BCUT2D eigenvalue weighted by atomic mass is 16.6. The number of esters is 1. The summed E-state index contributed by atoms with van der Waals surface area (Å²) in [5, 5.41) is 2.86. The molecule has 2 fully saturated rings. The highest BCUT2D eigenvalue weighted by Gasteiger charge is 2.43. The molecule has 2 saturated heterocycles. The number of nitrogens with zero attached hydrogens (tertiary/aromatic N) is 1. The van der Waals surface area contributed by atoms with Crippen molar-refractivity contribution in [3.63, 3.8) is 0 Å². The lowest BCUT2D eigenvalue weighted by molar-refractivity contribution is -0.155. The number of carbonyl (C=O) groups is 2. The third-order valence-corrected chi connectivity index (χ3v) is 3.14. The Kier molecular flexibility index (Phi) is 3.02. The zero-order valence-corrected chi connectivity index (χ0v) is 10.7. The minimum absolute atomic E-state index is 0.0407. The number of ether oxygens (including phenoxy) is 1. The Labute approximate surface area is 101 Å². The van der Waals surface area contributed by atoms with Crippen molar-refractivity contribution in [1.29, 1.82) is 0 Å². The highest BCUT2D eigenvalue weighted by molar-refractivity contribution is 5.80. The van der Waals surface area contributed by atoms with E-state index in [4.69, 9.17) is 4.74 Å². The Morgan fingerprint density at radius 3 is 2.88 bits per heavy atom. The van der Waals surface area contributed by atoms with Crippen molar-refractivity contribution >= 4 is 12.0 Å². The summed E-state index contributed by atoms with van der Waals surface area (Å²) >= 11 is 0. The first kappa shape index (κ1) is 12.2. The Morgan fingerprint density at radius 1 is 1.53 bits per heavy atom. The lowest BCUT2D eigenvalue weighted by Crippen LogP contribution is -2.36.